The third-order valence-electron chi connectivity index (χ3n) is 4.23. The van der Waals surface area contributed by atoms with E-state index < -0.39 is 0 Å². The number of nitrogens with two attached hydrogens (primary N) is 1. The first-order valence-electron chi connectivity index (χ1n) is 7.27. The number of fused-ring (bicyclic) bond motifs is 1. The van der Waals surface area contributed by atoms with Crippen molar-refractivity contribution in [2.24, 2.45) is 12.8 Å². The molecule has 0 saturated carbocycles. The van der Waals surface area contributed by atoms with E-state index in [1.54, 1.807) is 0 Å². The van der Waals surface area contributed by atoms with E-state index in [1.165, 1.54) is 48.8 Å². The molecule has 0 spiro atoms. The van der Waals surface area contributed by atoms with Gasteiger partial charge in [-0.15, -0.1) is 0 Å². The first-order valence-corrected chi connectivity index (χ1v) is 7.27. The van der Waals surface area contributed by atoms with E-state index in [9.17, 15) is 0 Å². The predicted molar refractivity (Wildman–Crippen MR) is 80.1 cm³/mol. The average Bonchev–Trinajstić information content (AvgIpc) is 2.78. The minimum atomic E-state index is 0.115. The van der Waals surface area contributed by atoms with Gasteiger partial charge in [0.25, 0.3) is 0 Å². The molecule has 102 valence electrons. The molecule has 2 heterocycles. The number of hydrogen-bond donors (Lipinski definition) is 1. The van der Waals surface area contributed by atoms with Gasteiger partial charge < -0.3 is 15.2 Å². The Morgan fingerprint density at radius 3 is 2.68 bits per heavy atom. The molecule has 1 aromatic carbocycles. The molecule has 3 rings (SSSR count). The van der Waals surface area contributed by atoms with Crippen molar-refractivity contribution in [3.63, 3.8) is 0 Å². The fraction of sp³-hybridized carbons (Fsp3) is 0.500. The van der Waals surface area contributed by atoms with Crippen molar-refractivity contribution in [1.82, 2.24) is 9.47 Å². The fourth-order valence-corrected chi connectivity index (χ4v) is 3.19. The predicted octanol–water partition coefficient (Wildman–Crippen LogP) is 2.66. The van der Waals surface area contributed by atoms with Gasteiger partial charge in [-0.1, -0.05) is 24.6 Å². The topological polar surface area (TPSA) is 34.2 Å². The first kappa shape index (κ1) is 12.7. The van der Waals surface area contributed by atoms with Crippen LogP contribution in [0.1, 0.15) is 30.9 Å². The van der Waals surface area contributed by atoms with Gasteiger partial charge in [0.05, 0.1) is 0 Å². The van der Waals surface area contributed by atoms with Crippen LogP contribution < -0.4 is 5.73 Å². The van der Waals surface area contributed by atoms with Crippen LogP contribution in [0, 0.1) is 0 Å². The van der Waals surface area contributed by atoms with Crippen LogP contribution in [0.5, 0.6) is 0 Å². The second kappa shape index (κ2) is 5.35. The molecule has 1 aliphatic rings. The van der Waals surface area contributed by atoms with E-state index in [0.29, 0.717) is 0 Å². The highest BCUT2D eigenvalue weighted by molar-refractivity contribution is 5.84. The Morgan fingerprint density at radius 1 is 1.16 bits per heavy atom. The quantitative estimate of drug-likeness (QED) is 0.917. The standard InChI is InChI=1S/C16H23N3/c1-18-11-14(13-7-3-4-8-16(13)18)15(17)12-19-9-5-2-6-10-19/h3-4,7-8,11,15H,2,5-6,9-10,12,17H2,1H3. The average molecular weight is 257 g/mol. The summed E-state index contributed by atoms with van der Waals surface area (Å²) in [4.78, 5) is 2.51. The first-order chi connectivity index (χ1) is 9.25. The van der Waals surface area contributed by atoms with Gasteiger partial charge in [-0.3, -0.25) is 0 Å². The SMILES string of the molecule is Cn1cc(C(N)CN2CCCCC2)c2ccccc21. The van der Waals surface area contributed by atoms with Crippen LogP contribution in [0.3, 0.4) is 0 Å². The van der Waals surface area contributed by atoms with E-state index in [-0.39, 0.29) is 6.04 Å². The molecule has 1 saturated heterocycles. The smallest absolute Gasteiger partial charge is 0.0481 e. The summed E-state index contributed by atoms with van der Waals surface area (Å²) in [6.07, 6.45) is 6.21. The minimum Gasteiger partial charge on any atom is -0.350 e. The summed E-state index contributed by atoms with van der Waals surface area (Å²) in [6, 6.07) is 8.64. The normalized spacial score (nSPS) is 18.8. The number of benzene rings is 1. The summed E-state index contributed by atoms with van der Waals surface area (Å²) >= 11 is 0. The zero-order valence-electron chi connectivity index (χ0n) is 11.7. The molecule has 2 aromatic rings. The van der Waals surface area contributed by atoms with Crippen LogP contribution in [0.2, 0.25) is 0 Å². The number of piperidine rings is 1. The molecule has 1 fully saturated rings. The molecule has 1 unspecified atom stereocenters. The van der Waals surface area contributed by atoms with Crippen molar-refractivity contribution in [2.75, 3.05) is 19.6 Å². The monoisotopic (exact) mass is 257 g/mol. The third-order valence-corrected chi connectivity index (χ3v) is 4.23. The summed E-state index contributed by atoms with van der Waals surface area (Å²) in [5.41, 5.74) is 9.00. The highest BCUT2D eigenvalue weighted by Crippen LogP contribution is 2.25. The molecule has 0 amide bonds. The Bertz CT molecular complexity index is 552. The molecule has 3 nitrogen and oxygen atoms in total. The van der Waals surface area contributed by atoms with Gasteiger partial charge in [0.2, 0.25) is 0 Å². The van der Waals surface area contributed by atoms with Gasteiger partial charge in [-0.2, -0.15) is 0 Å². The van der Waals surface area contributed by atoms with E-state index in [0.717, 1.165) is 6.54 Å². The Balaban J connectivity index is 1.82. The third kappa shape index (κ3) is 2.53. The van der Waals surface area contributed by atoms with Crippen molar-refractivity contribution in [1.29, 1.82) is 0 Å². The summed E-state index contributed by atoms with van der Waals surface area (Å²) in [5.74, 6) is 0. The van der Waals surface area contributed by atoms with Crippen LogP contribution in [0.15, 0.2) is 30.5 Å². The molecule has 1 atom stereocenters. The Morgan fingerprint density at radius 2 is 1.89 bits per heavy atom. The van der Waals surface area contributed by atoms with Crippen LogP contribution in [0.4, 0.5) is 0 Å². The van der Waals surface area contributed by atoms with Gasteiger partial charge in [0.1, 0.15) is 0 Å². The second-order valence-electron chi connectivity index (χ2n) is 5.68. The maximum atomic E-state index is 6.45. The largest absolute Gasteiger partial charge is 0.350 e. The van der Waals surface area contributed by atoms with E-state index >= 15 is 0 Å². The molecule has 19 heavy (non-hydrogen) atoms. The Kier molecular flexibility index (Phi) is 3.58. The highest BCUT2D eigenvalue weighted by atomic mass is 15.1. The fourth-order valence-electron chi connectivity index (χ4n) is 3.19. The molecule has 2 N–H and O–H groups in total. The number of likely N-dealkylation sites (tertiary alicyclic amines) is 1. The lowest BCUT2D eigenvalue weighted by Crippen LogP contribution is -2.36. The number of hydrogen-bond acceptors (Lipinski definition) is 2. The van der Waals surface area contributed by atoms with Gasteiger partial charge in [0.15, 0.2) is 0 Å². The number of para-hydroxylation sites is 1. The number of nitrogens with zero attached hydrogens (tertiary/aromatic N) is 2. The molecular weight excluding hydrogens is 234 g/mol. The molecule has 0 aliphatic carbocycles. The van der Waals surface area contributed by atoms with Gasteiger partial charge in [-0.25, -0.2) is 0 Å². The summed E-state index contributed by atoms with van der Waals surface area (Å²) in [5, 5.41) is 1.30. The van der Waals surface area contributed by atoms with Crippen LogP contribution in [-0.2, 0) is 7.05 Å². The van der Waals surface area contributed by atoms with Crippen molar-refractivity contribution in [3.8, 4) is 0 Å². The zero-order valence-corrected chi connectivity index (χ0v) is 11.7. The van der Waals surface area contributed by atoms with Gasteiger partial charge in [-0.05, 0) is 37.6 Å². The van der Waals surface area contributed by atoms with Gasteiger partial charge in [0, 0.05) is 36.7 Å². The molecule has 3 heteroatoms. The van der Waals surface area contributed by atoms with E-state index in [2.05, 4.69) is 47.0 Å². The number of aryl methyl sites for hydroxylation is 1. The molecule has 0 bridgehead atoms. The lowest BCUT2D eigenvalue weighted by atomic mass is 10.0. The number of aromatic nitrogens is 1. The van der Waals surface area contributed by atoms with Crippen LogP contribution in [0.25, 0.3) is 10.9 Å². The van der Waals surface area contributed by atoms with E-state index in [1.807, 2.05) is 0 Å². The maximum Gasteiger partial charge on any atom is 0.0481 e. The highest BCUT2D eigenvalue weighted by Gasteiger charge is 2.18. The summed E-state index contributed by atoms with van der Waals surface area (Å²) < 4.78 is 2.18. The number of rotatable bonds is 3. The summed E-state index contributed by atoms with van der Waals surface area (Å²) in [7, 11) is 2.10. The summed E-state index contributed by atoms with van der Waals surface area (Å²) in [6.45, 7) is 3.39. The lowest BCUT2D eigenvalue weighted by molar-refractivity contribution is 0.217. The van der Waals surface area contributed by atoms with Gasteiger partial charge >= 0.3 is 0 Å². The molecule has 1 aliphatic heterocycles. The van der Waals surface area contributed by atoms with Crippen LogP contribution in [-0.4, -0.2) is 29.1 Å². The zero-order chi connectivity index (χ0) is 13.2. The maximum absolute atomic E-state index is 6.45. The van der Waals surface area contributed by atoms with Crippen molar-refractivity contribution >= 4 is 10.9 Å². The van der Waals surface area contributed by atoms with Crippen molar-refractivity contribution < 1.29 is 0 Å². The Labute approximate surface area is 115 Å². The second-order valence-corrected chi connectivity index (χ2v) is 5.68. The van der Waals surface area contributed by atoms with E-state index in [4.69, 9.17) is 5.73 Å². The Hall–Kier alpha value is -1.32. The lowest BCUT2D eigenvalue weighted by Gasteiger charge is -2.28. The van der Waals surface area contributed by atoms with Crippen molar-refractivity contribution in [2.45, 2.75) is 25.3 Å². The van der Waals surface area contributed by atoms with Crippen molar-refractivity contribution in [3.05, 3.63) is 36.0 Å². The molecular formula is C16H23N3. The minimum absolute atomic E-state index is 0.115. The molecule has 1 aromatic heterocycles. The molecule has 0 radical (unpaired) electrons. The van der Waals surface area contributed by atoms with Crippen LogP contribution >= 0.6 is 0 Å².